The molecule has 2 aromatic rings. The van der Waals surface area contributed by atoms with Gasteiger partial charge in [0.2, 0.25) is 0 Å². The summed E-state index contributed by atoms with van der Waals surface area (Å²) in [5.41, 5.74) is 7.71. The lowest BCUT2D eigenvalue weighted by Gasteiger charge is -2.09. The number of nitrogens with one attached hydrogen (secondary N) is 1. The van der Waals surface area contributed by atoms with Crippen LogP contribution in [-0.2, 0) is 16.6 Å². The Kier molecular flexibility index (Phi) is 3.87. The number of rotatable bonds is 4. The molecule has 0 saturated heterocycles. The molecule has 0 amide bonds. The van der Waals surface area contributed by atoms with Gasteiger partial charge in [0.15, 0.2) is 0 Å². The third kappa shape index (κ3) is 2.71. The van der Waals surface area contributed by atoms with Gasteiger partial charge in [-0.05, 0) is 32.9 Å². The van der Waals surface area contributed by atoms with Gasteiger partial charge in [0, 0.05) is 17.8 Å². The SMILES string of the molecule is Cc1ccc(NS(=O)(=O)c2c(C)oc(C)c2CN)cc1. The Balaban J connectivity index is 2.43. The monoisotopic (exact) mass is 294 g/mol. The second kappa shape index (κ2) is 5.30. The van der Waals surface area contributed by atoms with Crippen LogP contribution in [0, 0.1) is 20.8 Å². The van der Waals surface area contributed by atoms with Crippen molar-refractivity contribution < 1.29 is 12.8 Å². The first-order valence-electron chi connectivity index (χ1n) is 6.23. The smallest absolute Gasteiger partial charge is 0.265 e. The number of nitrogens with two attached hydrogens (primary N) is 1. The van der Waals surface area contributed by atoms with Gasteiger partial charge in [0.05, 0.1) is 0 Å². The van der Waals surface area contributed by atoms with E-state index in [0.717, 1.165) is 5.56 Å². The first-order chi connectivity index (χ1) is 9.35. The molecule has 5 nitrogen and oxygen atoms in total. The van der Waals surface area contributed by atoms with Crippen molar-refractivity contribution in [1.82, 2.24) is 0 Å². The Labute approximate surface area is 118 Å². The molecule has 0 spiro atoms. The van der Waals surface area contributed by atoms with Gasteiger partial charge >= 0.3 is 0 Å². The van der Waals surface area contributed by atoms with Crippen LogP contribution in [0.5, 0.6) is 0 Å². The van der Waals surface area contributed by atoms with Gasteiger partial charge in [0.25, 0.3) is 10.0 Å². The Morgan fingerprint density at radius 1 is 1.10 bits per heavy atom. The maximum atomic E-state index is 12.5. The molecule has 1 aromatic heterocycles. The first-order valence-corrected chi connectivity index (χ1v) is 7.72. The Bertz CT molecular complexity index is 716. The first kappa shape index (κ1) is 14.6. The maximum Gasteiger partial charge on any atom is 0.265 e. The van der Waals surface area contributed by atoms with E-state index in [-0.39, 0.29) is 11.4 Å². The van der Waals surface area contributed by atoms with Gasteiger partial charge in [-0.1, -0.05) is 17.7 Å². The van der Waals surface area contributed by atoms with E-state index >= 15 is 0 Å². The molecule has 0 fully saturated rings. The normalized spacial score (nSPS) is 11.6. The molecule has 0 radical (unpaired) electrons. The van der Waals surface area contributed by atoms with E-state index in [1.165, 1.54) is 0 Å². The van der Waals surface area contributed by atoms with Crippen molar-refractivity contribution in [2.24, 2.45) is 5.73 Å². The fourth-order valence-corrected chi connectivity index (χ4v) is 3.65. The molecule has 0 atom stereocenters. The van der Waals surface area contributed by atoms with Gasteiger partial charge in [-0.25, -0.2) is 8.42 Å². The summed E-state index contributed by atoms with van der Waals surface area (Å²) in [5.74, 6) is 0.886. The van der Waals surface area contributed by atoms with Crippen molar-refractivity contribution in [2.75, 3.05) is 4.72 Å². The molecule has 0 bridgehead atoms. The topological polar surface area (TPSA) is 85.3 Å². The standard InChI is InChI=1S/C14H18N2O3S/c1-9-4-6-12(7-5-9)16-20(17,18)14-11(3)19-10(2)13(14)8-15/h4-7,16H,8,15H2,1-3H3. The molecule has 108 valence electrons. The predicted molar refractivity (Wildman–Crippen MR) is 78.1 cm³/mol. The number of sulfonamides is 1. The quantitative estimate of drug-likeness (QED) is 0.907. The van der Waals surface area contributed by atoms with E-state index in [1.54, 1.807) is 26.0 Å². The minimum atomic E-state index is -3.70. The number of benzene rings is 1. The fraction of sp³-hybridized carbons (Fsp3) is 0.286. The molecule has 0 unspecified atom stereocenters. The number of aryl methyl sites for hydroxylation is 3. The van der Waals surface area contributed by atoms with Gasteiger partial charge < -0.3 is 10.2 Å². The van der Waals surface area contributed by atoms with Gasteiger partial charge in [-0.15, -0.1) is 0 Å². The van der Waals surface area contributed by atoms with E-state index in [9.17, 15) is 8.42 Å². The predicted octanol–water partition coefficient (Wildman–Crippen LogP) is 2.46. The number of anilines is 1. The molecule has 1 aromatic carbocycles. The minimum absolute atomic E-state index is 0.118. The van der Waals surface area contributed by atoms with Crippen LogP contribution in [-0.4, -0.2) is 8.42 Å². The van der Waals surface area contributed by atoms with E-state index in [4.69, 9.17) is 10.2 Å². The van der Waals surface area contributed by atoms with Crippen molar-refractivity contribution in [1.29, 1.82) is 0 Å². The fourth-order valence-electron chi connectivity index (χ4n) is 2.13. The van der Waals surface area contributed by atoms with Crippen molar-refractivity contribution >= 4 is 15.7 Å². The van der Waals surface area contributed by atoms with Gasteiger partial charge in [0.1, 0.15) is 16.4 Å². The summed E-state index contributed by atoms with van der Waals surface area (Å²) in [6.07, 6.45) is 0. The lowest BCUT2D eigenvalue weighted by molar-refractivity contribution is 0.494. The molecule has 0 saturated carbocycles. The summed E-state index contributed by atoms with van der Waals surface area (Å²) in [4.78, 5) is 0.137. The Morgan fingerprint density at radius 3 is 2.25 bits per heavy atom. The van der Waals surface area contributed by atoms with Gasteiger partial charge in [-0.3, -0.25) is 4.72 Å². The van der Waals surface area contributed by atoms with Crippen molar-refractivity contribution in [3.63, 3.8) is 0 Å². The van der Waals surface area contributed by atoms with Crippen LogP contribution in [0.25, 0.3) is 0 Å². The highest BCUT2D eigenvalue weighted by atomic mass is 32.2. The molecule has 3 N–H and O–H groups in total. The summed E-state index contributed by atoms with van der Waals surface area (Å²) in [6, 6.07) is 7.12. The summed E-state index contributed by atoms with van der Waals surface area (Å²) in [5, 5.41) is 0. The molecule has 0 aliphatic carbocycles. The van der Waals surface area contributed by atoms with E-state index in [0.29, 0.717) is 22.8 Å². The summed E-state index contributed by atoms with van der Waals surface area (Å²) in [6.45, 7) is 5.39. The van der Waals surface area contributed by atoms with Crippen LogP contribution in [0.2, 0.25) is 0 Å². The van der Waals surface area contributed by atoms with Crippen LogP contribution in [0.15, 0.2) is 33.6 Å². The van der Waals surface area contributed by atoms with Crippen molar-refractivity contribution in [3.8, 4) is 0 Å². The van der Waals surface area contributed by atoms with Crippen LogP contribution in [0.1, 0.15) is 22.6 Å². The zero-order valence-corrected chi connectivity index (χ0v) is 12.5. The highest BCUT2D eigenvalue weighted by molar-refractivity contribution is 7.92. The van der Waals surface area contributed by atoms with Crippen LogP contribution >= 0.6 is 0 Å². The molecule has 6 heteroatoms. The van der Waals surface area contributed by atoms with Crippen molar-refractivity contribution in [3.05, 3.63) is 46.9 Å². The van der Waals surface area contributed by atoms with Crippen LogP contribution in [0.4, 0.5) is 5.69 Å². The Morgan fingerprint density at radius 2 is 1.70 bits per heavy atom. The molecule has 0 aliphatic heterocycles. The van der Waals surface area contributed by atoms with E-state index in [1.807, 2.05) is 19.1 Å². The highest BCUT2D eigenvalue weighted by Gasteiger charge is 2.26. The third-order valence-electron chi connectivity index (χ3n) is 3.10. The number of hydrogen-bond donors (Lipinski definition) is 2. The zero-order chi connectivity index (χ0) is 14.9. The zero-order valence-electron chi connectivity index (χ0n) is 11.7. The highest BCUT2D eigenvalue weighted by Crippen LogP contribution is 2.28. The maximum absolute atomic E-state index is 12.5. The second-order valence-electron chi connectivity index (χ2n) is 4.70. The van der Waals surface area contributed by atoms with E-state index in [2.05, 4.69) is 4.72 Å². The van der Waals surface area contributed by atoms with Gasteiger partial charge in [-0.2, -0.15) is 0 Å². The minimum Gasteiger partial charge on any atom is -0.465 e. The largest absolute Gasteiger partial charge is 0.465 e. The summed E-state index contributed by atoms with van der Waals surface area (Å²) < 4.78 is 32.9. The molecule has 20 heavy (non-hydrogen) atoms. The van der Waals surface area contributed by atoms with Crippen LogP contribution in [0.3, 0.4) is 0 Å². The Hall–Kier alpha value is -1.79. The summed E-state index contributed by atoms with van der Waals surface area (Å²) >= 11 is 0. The second-order valence-corrected chi connectivity index (χ2v) is 6.32. The lowest BCUT2D eigenvalue weighted by Crippen LogP contribution is -2.16. The third-order valence-corrected chi connectivity index (χ3v) is 4.68. The average molecular weight is 294 g/mol. The van der Waals surface area contributed by atoms with Crippen LogP contribution < -0.4 is 10.5 Å². The number of hydrogen-bond acceptors (Lipinski definition) is 4. The number of furan rings is 1. The lowest BCUT2D eigenvalue weighted by atomic mass is 10.2. The molecule has 2 rings (SSSR count). The molecular weight excluding hydrogens is 276 g/mol. The summed E-state index contributed by atoms with van der Waals surface area (Å²) in [7, 11) is -3.70. The molecule has 0 aliphatic rings. The van der Waals surface area contributed by atoms with Crippen molar-refractivity contribution in [2.45, 2.75) is 32.2 Å². The molecular formula is C14H18N2O3S. The molecule has 1 heterocycles. The van der Waals surface area contributed by atoms with E-state index < -0.39 is 10.0 Å². The average Bonchev–Trinajstić information content (AvgIpc) is 2.66.